The largest absolute Gasteiger partial charge is 0.507 e. The molecule has 0 saturated carbocycles. The maximum atomic E-state index is 13.1. The summed E-state index contributed by atoms with van der Waals surface area (Å²) in [7, 11) is 1.60. The molecular formula is C28H33NO5. The van der Waals surface area contributed by atoms with Gasteiger partial charge in [0.15, 0.2) is 0 Å². The summed E-state index contributed by atoms with van der Waals surface area (Å²) in [6.45, 7) is 11.2. The second kappa shape index (κ2) is 10.7. The molecule has 1 amide bonds. The molecule has 1 fully saturated rings. The summed E-state index contributed by atoms with van der Waals surface area (Å²) < 4.78 is 10.6. The molecule has 1 saturated heterocycles. The van der Waals surface area contributed by atoms with Gasteiger partial charge in [-0.3, -0.25) is 9.59 Å². The molecule has 0 aliphatic carbocycles. The Labute approximate surface area is 201 Å². The molecule has 34 heavy (non-hydrogen) atoms. The molecule has 1 heterocycles. The molecule has 2 aromatic carbocycles. The monoisotopic (exact) mass is 463 g/mol. The molecule has 6 nitrogen and oxygen atoms in total. The summed E-state index contributed by atoms with van der Waals surface area (Å²) in [6.07, 6.45) is 2.22. The summed E-state index contributed by atoms with van der Waals surface area (Å²) in [4.78, 5) is 27.6. The van der Waals surface area contributed by atoms with E-state index in [1.807, 2.05) is 24.3 Å². The summed E-state index contributed by atoms with van der Waals surface area (Å²) in [5, 5.41) is 11.2. The van der Waals surface area contributed by atoms with Crippen molar-refractivity contribution in [3.8, 4) is 5.75 Å². The minimum atomic E-state index is -0.688. The lowest BCUT2D eigenvalue weighted by atomic mass is 9.85. The fourth-order valence-electron chi connectivity index (χ4n) is 4.02. The minimum Gasteiger partial charge on any atom is -0.507 e. The van der Waals surface area contributed by atoms with E-state index in [1.165, 1.54) is 4.90 Å². The van der Waals surface area contributed by atoms with Crippen LogP contribution < -0.4 is 4.74 Å². The van der Waals surface area contributed by atoms with Gasteiger partial charge in [-0.05, 0) is 47.2 Å². The van der Waals surface area contributed by atoms with Crippen molar-refractivity contribution in [3.63, 3.8) is 0 Å². The number of carbonyl (C=O) groups excluding carboxylic acids is 2. The van der Waals surface area contributed by atoms with Gasteiger partial charge in [0.25, 0.3) is 11.7 Å². The Kier molecular flexibility index (Phi) is 7.94. The molecule has 1 aliphatic heterocycles. The predicted octanol–water partition coefficient (Wildman–Crippen LogP) is 5.01. The summed E-state index contributed by atoms with van der Waals surface area (Å²) >= 11 is 0. The van der Waals surface area contributed by atoms with Crippen LogP contribution in [0.15, 0.2) is 66.8 Å². The van der Waals surface area contributed by atoms with Crippen LogP contribution >= 0.6 is 0 Å². The lowest BCUT2D eigenvalue weighted by Gasteiger charge is -2.26. The first-order valence-corrected chi connectivity index (χ1v) is 11.4. The molecule has 1 aliphatic rings. The highest BCUT2D eigenvalue weighted by Crippen LogP contribution is 2.40. The molecule has 0 radical (unpaired) electrons. The lowest BCUT2D eigenvalue weighted by molar-refractivity contribution is -0.140. The van der Waals surface area contributed by atoms with Crippen LogP contribution in [0.5, 0.6) is 5.75 Å². The fraction of sp³-hybridized carbons (Fsp3) is 0.357. The standard InChI is InChI=1S/C28H33NO5/c1-6-17-34-22-14-10-20(11-15-22)25(30)23-24(19-8-12-21(13-9-19)28(2,3)4)29(16-7-18-33-5)27(32)26(23)31/h6,8-15,24,30H,1,7,16-18H2,2-5H3/t24-/m0/s1. The molecule has 0 aromatic heterocycles. The second-order valence-electron chi connectivity index (χ2n) is 9.33. The fourth-order valence-corrected chi connectivity index (χ4v) is 4.02. The third-order valence-corrected chi connectivity index (χ3v) is 5.88. The Bertz CT molecular complexity index is 1060. The van der Waals surface area contributed by atoms with Gasteiger partial charge in [-0.25, -0.2) is 0 Å². The Balaban J connectivity index is 2.05. The second-order valence-corrected chi connectivity index (χ2v) is 9.33. The van der Waals surface area contributed by atoms with E-state index >= 15 is 0 Å². The van der Waals surface area contributed by atoms with Crippen LogP contribution in [0.1, 0.15) is 49.9 Å². The number of ether oxygens (including phenoxy) is 2. The molecule has 2 aromatic rings. The highest BCUT2D eigenvalue weighted by molar-refractivity contribution is 6.46. The van der Waals surface area contributed by atoms with Gasteiger partial charge in [0, 0.05) is 25.8 Å². The Morgan fingerprint density at radius 2 is 1.74 bits per heavy atom. The molecule has 6 heteroatoms. The summed E-state index contributed by atoms with van der Waals surface area (Å²) in [6, 6.07) is 14.0. The third kappa shape index (κ3) is 5.39. The van der Waals surface area contributed by atoms with Crippen LogP contribution in [0.3, 0.4) is 0 Å². The molecule has 0 spiro atoms. The van der Waals surface area contributed by atoms with E-state index in [9.17, 15) is 14.7 Å². The molecular weight excluding hydrogens is 430 g/mol. The first kappa shape index (κ1) is 25.2. The van der Waals surface area contributed by atoms with Gasteiger partial charge in [-0.15, -0.1) is 0 Å². The van der Waals surface area contributed by atoms with E-state index in [0.29, 0.717) is 37.5 Å². The quantitative estimate of drug-likeness (QED) is 0.186. The average Bonchev–Trinajstić information content (AvgIpc) is 3.07. The van der Waals surface area contributed by atoms with Crippen LogP contribution in [-0.4, -0.2) is 48.6 Å². The zero-order chi connectivity index (χ0) is 24.9. The van der Waals surface area contributed by atoms with Gasteiger partial charge in [0.2, 0.25) is 0 Å². The van der Waals surface area contributed by atoms with Gasteiger partial charge >= 0.3 is 0 Å². The van der Waals surface area contributed by atoms with E-state index in [2.05, 4.69) is 27.4 Å². The maximum Gasteiger partial charge on any atom is 0.295 e. The number of likely N-dealkylation sites (tertiary alicyclic amines) is 1. The number of Topliss-reactive ketones (excluding diaryl/α,β-unsaturated/α-hetero) is 1. The van der Waals surface area contributed by atoms with E-state index in [4.69, 9.17) is 9.47 Å². The van der Waals surface area contributed by atoms with Crippen LogP contribution in [-0.2, 0) is 19.7 Å². The number of rotatable bonds is 9. The highest BCUT2D eigenvalue weighted by Gasteiger charge is 2.45. The van der Waals surface area contributed by atoms with Crippen molar-refractivity contribution in [3.05, 3.63) is 83.4 Å². The Hall–Kier alpha value is -3.38. The molecule has 180 valence electrons. The van der Waals surface area contributed by atoms with Gasteiger partial charge < -0.3 is 19.5 Å². The van der Waals surface area contributed by atoms with Crippen LogP contribution in [0, 0.1) is 0 Å². The van der Waals surface area contributed by atoms with E-state index in [1.54, 1.807) is 37.5 Å². The average molecular weight is 464 g/mol. The number of methoxy groups -OCH3 is 1. The normalized spacial score (nSPS) is 17.8. The van der Waals surface area contributed by atoms with Crippen LogP contribution in [0.4, 0.5) is 0 Å². The number of hydrogen-bond acceptors (Lipinski definition) is 5. The van der Waals surface area contributed by atoms with Gasteiger partial charge in [-0.2, -0.15) is 0 Å². The molecule has 1 N–H and O–H groups in total. The molecule has 3 rings (SSSR count). The Morgan fingerprint density at radius 3 is 2.29 bits per heavy atom. The minimum absolute atomic E-state index is 0.0335. The van der Waals surface area contributed by atoms with Crippen molar-refractivity contribution in [2.45, 2.75) is 38.6 Å². The van der Waals surface area contributed by atoms with Crippen molar-refractivity contribution in [2.24, 2.45) is 0 Å². The number of aliphatic hydroxyl groups is 1. The van der Waals surface area contributed by atoms with E-state index in [0.717, 1.165) is 11.1 Å². The number of amides is 1. The number of aliphatic hydroxyl groups excluding tert-OH is 1. The topological polar surface area (TPSA) is 76.1 Å². The number of carbonyl (C=O) groups is 2. The zero-order valence-electron chi connectivity index (χ0n) is 20.3. The van der Waals surface area contributed by atoms with E-state index < -0.39 is 17.7 Å². The van der Waals surface area contributed by atoms with Crippen molar-refractivity contribution < 1.29 is 24.2 Å². The number of ketones is 1. The SMILES string of the molecule is C=CCOc1ccc(C(O)=C2C(=O)C(=O)N(CCCOC)[C@H]2c2ccc(C(C)(C)C)cc2)cc1. The van der Waals surface area contributed by atoms with Gasteiger partial charge in [0.05, 0.1) is 11.6 Å². The van der Waals surface area contributed by atoms with Gasteiger partial charge in [-0.1, -0.05) is 57.7 Å². The van der Waals surface area contributed by atoms with Crippen LogP contribution in [0.2, 0.25) is 0 Å². The van der Waals surface area contributed by atoms with Crippen molar-refractivity contribution in [1.29, 1.82) is 0 Å². The van der Waals surface area contributed by atoms with Gasteiger partial charge in [0.1, 0.15) is 18.1 Å². The molecule has 0 bridgehead atoms. The smallest absolute Gasteiger partial charge is 0.295 e. The van der Waals surface area contributed by atoms with Crippen molar-refractivity contribution >= 4 is 17.4 Å². The Morgan fingerprint density at radius 1 is 1.09 bits per heavy atom. The predicted molar refractivity (Wildman–Crippen MR) is 133 cm³/mol. The number of hydrogen-bond donors (Lipinski definition) is 1. The lowest BCUT2D eigenvalue weighted by Crippen LogP contribution is -2.31. The first-order chi connectivity index (χ1) is 16.2. The number of benzene rings is 2. The first-order valence-electron chi connectivity index (χ1n) is 11.4. The third-order valence-electron chi connectivity index (χ3n) is 5.88. The number of nitrogens with zero attached hydrogens (tertiary/aromatic N) is 1. The van der Waals surface area contributed by atoms with Crippen molar-refractivity contribution in [2.75, 3.05) is 26.9 Å². The highest BCUT2D eigenvalue weighted by atomic mass is 16.5. The molecule has 1 atom stereocenters. The van der Waals surface area contributed by atoms with Crippen LogP contribution in [0.25, 0.3) is 5.76 Å². The molecule has 0 unspecified atom stereocenters. The van der Waals surface area contributed by atoms with Crippen molar-refractivity contribution in [1.82, 2.24) is 4.90 Å². The zero-order valence-corrected chi connectivity index (χ0v) is 20.3. The van der Waals surface area contributed by atoms with E-state index in [-0.39, 0.29) is 16.7 Å². The maximum absolute atomic E-state index is 13.1. The summed E-state index contributed by atoms with van der Waals surface area (Å²) in [5.41, 5.74) is 2.41. The summed E-state index contributed by atoms with van der Waals surface area (Å²) in [5.74, 6) is -0.890.